The highest BCUT2D eigenvalue weighted by molar-refractivity contribution is 9.10. The molecule has 0 aromatic heterocycles. The molecular weight excluding hydrogens is 326 g/mol. The van der Waals surface area contributed by atoms with Gasteiger partial charge in [0.1, 0.15) is 0 Å². The molecule has 7 heteroatoms. The molecule has 1 fully saturated rings. The maximum atomic E-state index is 12.2. The monoisotopic (exact) mass is 341 g/mol. The first-order chi connectivity index (χ1) is 9.42. The molecule has 108 valence electrons. The second-order valence-electron chi connectivity index (χ2n) is 5.09. The molecule has 1 aliphatic rings. The number of anilines is 1. The summed E-state index contributed by atoms with van der Waals surface area (Å²) in [6.07, 6.45) is 4.36. The third-order valence-electron chi connectivity index (χ3n) is 3.60. The van der Waals surface area contributed by atoms with Gasteiger partial charge in [0.15, 0.2) is 0 Å². The number of rotatable bonds is 3. The van der Waals surface area contributed by atoms with Gasteiger partial charge < -0.3 is 11.1 Å². The molecule has 0 atom stereocenters. The van der Waals surface area contributed by atoms with E-state index >= 15 is 0 Å². The van der Waals surface area contributed by atoms with Crippen molar-refractivity contribution >= 4 is 33.2 Å². The summed E-state index contributed by atoms with van der Waals surface area (Å²) in [5.74, 6) is -0.224. The van der Waals surface area contributed by atoms with Crippen molar-refractivity contribution in [3.63, 3.8) is 0 Å². The van der Waals surface area contributed by atoms with Crippen LogP contribution in [-0.4, -0.2) is 16.4 Å². The van der Waals surface area contributed by atoms with E-state index in [0.29, 0.717) is 23.0 Å². The highest BCUT2D eigenvalue weighted by atomic mass is 79.9. The van der Waals surface area contributed by atoms with Gasteiger partial charge in [-0.15, -0.1) is 0 Å². The lowest BCUT2D eigenvalue weighted by Gasteiger charge is -2.31. The van der Waals surface area contributed by atoms with Gasteiger partial charge in [0.05, 0.1) is 14.9 Å². The summed E-state index contributed by atoms with van der Waals surface area (Å²) < 4.78 is 0.329. The molecule has 0 saturated heterocycles. The number of halogens is 1. The molecule has 3 N–H and O–H groups in total. The van der Waals surface area contributed by atoms with Crippen LogP contribution in [0.5, 0.6) is 0 Å². The van der Waals surface area contributed by atoms with Crippen molar-refractivity contribution in [3.8, 4) is 0 Å². The molecular formula is C13H16BrN3O3. The molecule has 0 spiro atoms. The van der Waals surface area contributed by atoms with Gasteiger partial charge in [0.2, 0.25) is 5.91 Å². The molecule has 2 rings (SSSR count). The predicted molar refractivity (Wildman–Crippen MR) is 79.4 cm³/mol. The van der Waals surface area contributed by atoms with Crippen LogP contribution in [0.3, 0.4) is 0 Å². The molecule has 0 bridgehead atoms. The zero-order chi connectivity index (χ0) is 14.8. The van der Waals surface area contributed by atoms with Crippen molar-refractivity contribution < 1.29 is 9.72 Å². The van der Waals surface area contributed by atoms with Crippen molar-refractivity contribution in [2.24, 2.45) is 5.73 Å². The highest BCUT2D eigenvalue weighted by Crippen LogP contribution is 2.30. The molecule has 0 heterocycles. The minimum absolute atomic E-state index is 0.0388. The van der Waals surface area contributed by atoms with Gasteiger partial charge in [0, 0.05) is 11.8 Å². The van der Waals surface area contributed by atoms with E-state index in [1.807, 2.05) is 0 Å². The van der Waals surface area contributed by atoms with Crippen molar-refractivity contribution in [2.45, 2.75) is 37.6 Å². The third-order valence-corrected chi connectivity index (χ3v) is 4.24. The smallest absolute Gasteiger partial charge is 0.283 e. The van der Waals surface area contributed by atoms with E-state index in [4.69, 9.17) is 5.73 Å². The summed E-state index contributed by atoms with van der Waals surface area (Å²) >= 11 is 3.12. The first-order valence-corrected chi connectivity index (χ1v) is 7.26. The molecule has 1 aromatic rings. The van der Waals surface area contributed by atoms with Crippen molar-refractivity contribution in [1.82, 2.24) is 0 Å². The molecule has 1 amide bonds. The van der Waals surface area contributed by atoms with Crippen LogP contribution in [0.1, 0.15) is 32.1 Å². The minimum atomic E-state index is -0.827. The van der Waals surface area contributed by atoms with Crippen LogP contribution in [0.4, 0.5) is 11.4 Å². The molecule has 6 nitrogen and oxygen atoms in total. The maximum Gasteiger partial charge on any atom is 0.283 e. The van der Waals surface area contributed by atoms with E-state index in [-0.39, 0.29) is 11.6 Å². The van der Waals surface area contributed by atoms with Crippen LogP contribution in [0.15, 0.2) is 22.7 Å². The molecule has 1 saturated carbocycles. The summed E-state index contributed by atoms with van der Waals surface area (Å²) in [5.41, 5.74) is 5.77. The fraction of sp³-hybridized carbons (Fsp3) is 0.462. The Morgan fingerprint density at radius 2 is 2.00 bits per heavy atom. The quantitative estimate of drug-likeness (QED) is 0.652. The number of nitro benzene ring substituents is 1. The number of nitrogens with one attached hydrogen (secondary N) is 1. The first-order valence-electron chi connectivity index (χ1n) is 6.47. The van der Waals surface area contributed by atoms with Gasteiger partial charge in [-0.25, -0.2) is 0 Å². The summed E-state index contributed by atoms with van der Waals surface area (Å²) in [6.45, 7) is 0. The fourth-order valence-electron chi connectivity index (χ4n) is 2.40. The summed E-state index contributed by atoms with van der Waals surface area (Å²) in [4.78, 5) is 22.5. The molecule has 1 aliphatic carbocycles. The number of nitrogens with two attached hydrogens (primary N) is 1. The predicted octanol–water partition coefficient (Wildman–Crippen LogP) is 2.96. The second kappa shape index (κ2) is 5.88. The standard InChI is InChI=1S/C13H16BrN3O3/c14-10-8-9(4-5-11(10)17(19)20)16-12(18)13(15)6-2-1-3-7-13/h4-5,8H,1-3,6-7,15H2,(H,16,18). The lowest BCUT2D eigenvalue weighted by atomic mass is 9.82. The largest absolute Gasteiger partial charge is 0.324 e. The molecule has 20 heavy (non-hydrogen) atoms. The summed E-state index contributed by atoms with van der Waals surface area (Å²) in [7, 11) is 0. The van der Waals surface area contributed by atoms with Gasteiger partial charge in [-0.05, 0) is 40.9 Å². The Kier molecular flexibility index (Phi) is 4.39. The van der Waals surface area contributed by atoms with Crippen LogP contribution in [0.25, 0.3) is 0 Å². The Morgan fingerprint density at radius 3 is 2.55 bits per heavy atom. The SMILES string of the molecule is NC1(C(=O)Nc2ccc([N+](=O)[O-])c(Br)c2)CCCCC1. The third kappa shape index (κ3) is 3.16. The number of hydrogen-bond donors (Lipinski definition) is 2. The molecule has 0 aliphatic heterocycles. The number of carbonyl (C=O) groups is 1. The number of carbonyl (C=O) groups excluding carboxylic acids is 1. The number of nitrogens with zero attached hydrogens (tertiary/aromatic N) is 1. The topological polar surface area (TPSA) is 98.3 Å². The maximum absolute atomic E-state index is 12.2. The van der Waals surface area contributed by atoms with E-state index in [1.165, 1.54) is 18.2 Å². The van der Waals surface area contributed by atoms with Gasteiger partial charge in [-0.2, -0.15) is 0 Å². The zero-order valence-electron chi connectivity index (χ0n) is 10.9. The van der Waals surface area contributed by atoms with E-state index < -0.39 is 10.5 Å². The normalized spacial score (nSPS) is 17.5. The van der Waals surface area contributed by atoms with E-state index in [9.17, 15) is 14.9 Å². The summed E-state index contributed by atoms with van der Waals surface area (Å²) in [5, 5.41) is 13.5. The fourth-order valence-corrected chi connectivity index (χ4v) is 2.92. The number of amides is 1. The van der Waals surface area contributed by atoms with Gasteiger partial charge in [-0.3, -0.25) is 14.9 Å². The molecule has 1 aromatic carbocycles. The minimum Gasteiger partial charge on any atom is -0.324 e. The number of benzene rings is 1. The van der Waals surface area contributed by atoms with Crippen LogP contribution in [0, 0.1) is 10.1 Å². The van der Waals surface area contributed by atoms with Crippen molar-refractivity contribution in [3.05, 3.63) is 32.8 Å². The van der Waals surface area contributed by atoms with Crippen molar-refractivity contribution in [2.75, 3.05) is 5.32 Å². The van der Waals surface area contributed by atoms with Crippen molar-refractivity contribution in [1.29, 1.82) is 0 Å². The van der Waals surface area contributed by atoms with Crippen LogP contribution in [0.2, 0.25) is 0 Å². The van der Waals surface area contributed by atoms with Crippen LogP contribution >= 0.6 is 15.9 Å². The van der Waals surface area contributed by atoms with Gasteiger partial charge in [0.25, 0.3) is 5.69 Å². The molecule has 0 unspecified atom stereocenters. The Morgan fingerprint density at radius 1 is 1.35 bits per heavy atom. The number of nitro groups is 1. The first kappa shape index (κ1) is 14.9. The zero-order valence-corrected chi connectivity index (χ0v) is 12.5. The Hall–Kier alpha value is -1.47. The number of hydrogen-bond acceptors (Lipinski definition) is 4. The second-order valence-corrected chi connectivity index (χ2v) is 5.95. The van der Waals surface area contributed by atoms with Gasteiger partial charge >= 0.3 is 0 Å². The van der Waals surface area contributed by atoms with E-state index in [0.717, 1.165) is 19.3 Å². The summed E-state index contributed by atoms with van der Waals surface area (Å²) in [6, 6.07) is 4.37. The van der Waals surface area contributed by atoms with Crippen LogP contribution < -0.4 is 11.1 Å². The van der Waals surface area contributed by atoms with E-state index in [2.05, 4.69) is 21.2 Å². The Labute approximate surface area is 125 Å². The average molecular weight is 342 g/mol. The van der Waals surface area contributed by atoms with E-state index in [1.54, 1.807) is 0 Å². The van der Waals surface area contributed by atoms with Crippen LogP contribution in [-0.2, 0) is 4.79 Å². The highest BCUT2D eigenvalue weighted by Gasteiger charge is 2.35. The lowest BCUT2D eigenvalue weighted by molar-refractivity contribution is -0.385. The molecule has 0 radical (unpaired) electrons. The van der Waals surface area contributed by atoms with Gasteiger partial charge in [-0.1, -0.05) is 19.3 Å². The Balaban J connectivity index is 2.12. The Bertz CT molecular complexity index is 542. The average Bonchev–Trinajstić information content (AvgIpc) is 2.39. The lowest BCUT2D eigenvalue weighted by Crippen LogP contribution is -2.52.